The molecule has 0 saturated carbocycles. The molecular formula is C12H16Cl3NO. The van der Waals surface area contributed by atoms with Crippen LogP contribution < -0.4 is 10.5 Å². The molecule has 2 nitrogen and oxygen atoms in total. The molecule has 1 aromatic rings. The molecule has 1 rings (SSSR count). The average molecular weight is 297 g/mol. The molecule has 0 spiro atoms. The Morgan fingerprint density at radius 3 is 2.12 bits per heavy atom. The summed E-state index contributed by atoms with van der Waals surface area (Å²) in [5, 5.41) is 1.41. The van der Waals surface area contributed by atoms with E-state index in [9.17, 15) is 0 Å². The maximum Gasteiger partial charge on any atom is 0.156 e. The highest BCUT2D eigenvalue weighted by molar-refractivity contribution is 6.40. The fourth-order valence-electron chi connectivity index (χ4n) is 1.44. The van der Waals surface area contributed by atoms with E-state index in [1.807, 2.05) is 0 Å². The molecular weight excluding hydrogens is 280 g/mol. The van der Waals surface area contributed by atoms with Crippen LogP contribution in [0.25, 0.3) is 0 Å². The van der Waals surface area contributed by atoms with Gasteiger partial charge in [-0.15, -0.1) is 0 Å². The van der Waals surface area contributed by atoms with Gasteiger partial charge in [-0.2, -0.15) is 0 Å². The average Bonchev–Trinajstić information content (AvgIpc) is 2.26. The van der Waals surface area contributed by atoms with E-state index in [1.165, 1.54) is 0 Å². The van der Waals surface area contributed by atoms with Gasteiger partial charge < -0.3 is 10.5 Å². The Bertz CT molecular complexity index is 335. The fourth-order valence-corrected chi connectivity index (χ4v) is 2.37. The van der Waals surface area contributed by atoms with Crippen LogP contribution in [0.2, 0.25) is 15.1 Å². The molecule has 0 aromatic heterocycles. The van der Waals surface area contributed by atoms with Crippen LogP contribution in [-0.2, 0) is 0 Å². The summed E-state index contributed by atoms with van der Waals surface area (Å²) < 4.78 is 5.55. The Hall–Kier alpha value is -0.150. The van der Waals surface area contributed by atoms with Crippen LogP contribution in [-0.4, -0.2) is 13.2 Å². The quantitative estimate of drug-likeness (QED) is 0.749. The maximum atomic E-state index is 5.99. The minimum Gasteiger partial charge on any atom is -0.490 e. The lowest BCUT2D eigenvalue weighted by atomic mass is 10.2. The van der Waals surface area contributed by atoms with E-state index in [1.54, 1.807) is 12.1 Å². The Labute approximate surface area is 117 Å². The lowest BCUT2D eigenvalue weighted by Gasteiger charge is -2.10. The van der Waals surface area contributed by atoms with Crippen molar-refractivity contribution in [3.05, 3.63) is 27.2 Å². The summed E-state index contributed by atoms with van der Waals surface area (Å²) in [6.07, 6.45) is 4.25. The van der Waals surface area contributed by atoms with Gasteiger partial charge in [-0.1, -0.05) is 47.6 Å². The van der Waals surface area contributed by atoms with Crippen LogP contribution in [0, 0.1) is 0 Å². The zero-order valence-electron chi connectivity index (χ0n) is 9.52. The molecule has 0 aliphatic carbocycles. The highest BCUT2D eigenvalue weighted by Crippen LogP contribution is 2.35. The van der Waals surface area contributed by atoms with Gasteiger partial charge in [0.05, 0.1) is 16.7 Å². The highest BCUT2D eigenvalue weighted by Gasteiger charge is 2.08. The first-order valence-corrected chi connectivity index (χ1v) is 6.76. The largest absolute Gasteiger partial charge is 0.490 e. The Morgan fingerprint density at radius 1 is 0.941 bits per heavy atom. The minimum atomic E-state index is 0.449. The number of benzene rings is 1. The normalized spacial score (nSPS) is 10.6. The van der Waals surface area contributed by atoms with Gasteiger partial charge in [0.1, 0.15) is 0 Å². The summed E-state index contributed by atoms with van der Waals surface area (Å²) in [5.41, 5.74) is 5.41. The van der Waals surface area contributed by atoms with Crippen LogP contribution in [0.1, 0.15) is 25.7 Å². The summed E-state index contributed by atoms with van der Waals surface area (Å²) in [5.74, 6) is 0.511. The molecule has 1 aromatic carbocycles. The minimum absolute atomic E-state index is 0.449. The summed E-state index contributed by atoms with van der Waals surface area (Å²) in [4.78, 5) is 0. The van der Waals surface area contributed by atoms with E-state index < -0.39 is 0 Å². The lowest BCUT2D eigenvalue weighted by Crippen LogP contribution is -2.01. The van der Waals surface area contributed by atoms with Crippen molar-refractivity contribution in [1.29, 1.82) is 0 Å². The molecule has 96 valence electrons. The molecule has 0 aliphatic heterocycles. The molecule has 17 heavy (non-hydrogen) atoms. The van der Waals surface area contributed by atoms with Crippen molar-refractivity contribution in [2.24, 2.45) is 5.73 Å². The third-order valence-corrected chi connectivity index (χ3v) is 3.09. The van der Waals surface area contributed by atoms with E-state index >= 15 is 0 Å². The van der Waals surface area contributed by atoms with Gasteiger partial charge in [-0.3, -0.25) is 0 Å². The zero-order valence-corrected chi connectivity index (χ0v) is 11.8. The lowest BCUT2D eigenvalue weighted by molar-refractivity contribution is 0.305. The van der Waals surface area contributed by atoms with Gasteiger partial charge in [-0.05, 0) is 31.5 Å². The molecule has 0 atom stereocenters. The number of nitrogens with two attached hydrogens (primary N) is 1. The number of rotatable bonds is 7. The molecule has 0 aliphatic rings. The molecule has 0 unspecified atom stereocenters. The van der Waals surface area contributed by atoms with Gasteiger partial charge in [0, 0.05) is 5.02 Å². The molecule has 2 N–H and O–H groups in total. The summed E-state index contributed by atoms with van der Waals surface area (Å²) >= 11 is 17.8. The van der Waals surface area contributed by atoms with Crippen molar-refractivity contribution in [3.63, 3.8) is 0 Å². The van der Waals surface area contributed by atoms with Crippen molar-refractivity contribution in [3.8, 4) is 5.75 Å². The number of hydrogen-bond acceptors (Lipinski definition) is 2. The number of halogens is 3. The van der Waals surface area contributed by atoms with Gasteiger partial charge in [-0.25, -0.2) is 0 Å². The van der Waals surface area contributed by atoms with E-state index in [0.29, 0.717) is 27.4 Å². The topological polar surface area (TPSA) is 35.2 Å². The van der Waals surface area contributed by atoms with Crippen molar-refractivity contribution in [2.45, 2.75) is 25.7 Å². The third kappa shape index (κ3) is 5.35. The highest BCUT2D eigenvalue weighted by atomic mass is 35.5. The first-order valence-electron chi connectivity index (χ1n) is 5.62. The first-order chi connectivity index (χ1) is 8.15. The monoisotopic (exact) mass is 295 g/mol. The number of ether oxygens (including phenoxy) is 1. The van der Waals surface area contributed by atoms with Gasteiger partial charge >= 0.3 is 0 Å². The summed E-state index contributed by atoms with van der Waals surface area (Å²) in [6, 6.07) is 3.25. The van der Waals surface area contributed by atoms with Crippen molar-refractivity contribution in [1.82, 2.24) is 0 Å². The third-order valence-electron chi connectivity index (χ3n) is 2.31. The van der Waals surface area contributed by atoms with E-state index in [4.69, 9.17) is 45.3 Å². The summed E-state index contributed by atoms with van der Waals surface area (Å²) in [7, 11) is 0. The van der Waals surface area contributed by atoms with Gasteiger partial charge in [0.15, 0.2) is 5.75 Å². The Kier molecular flexibility index (Phi) is 7.05. The Balaban J connectivity index is 2.36. The molecule has 0 saturated heterocycles. The predicted octanol–water partition coefficient (Wildman–Crippen LogP) is 4.54. The predicted molar refractivity (Wildman–Crippen MR) is 74.5 cm³/mol. The summed E-state index contributed by atoms with van der Waals surface area (Å²) in [6.45, 7) is 1.35. The van der Waals surface area contributed by atoms with E-state index in [2.05, 4.69) is 0 Å². The number of hydrogen-bond donors (Lipinski definition) is 1. The van der Waals surface area contributed by atoms with E-state index in [-0.39, 0.29) is 0 Å². The standard InChI is InChI=1S/C12H16Cl3NO/c13-9-7-10(14)12(11(15)8-9)17-6-4-2-1-3-5-16/h7-8H,1-6,16H2. The number of unbranched alkanes of at least 4 members (excludes halogenated alkanes) is 3. The molecule has 0 fully saturated rings. The van der Waals surface area contributed by atoms with Crippen LogP contribution in [0.5, 0.6) is 5.75 Å². The van der Waals surface area contributed by atoms with E-state index in [0.717, 1.165) is 32.2 Å². The van der Waals surface area contributed by atoms with Crippen LogP contribution in [0.15, 0.2) is 12.1 Å². The molecule has 0 heterocycles. The smallest absolute Gasteiger partial charge is 0.156 e. The fraction of sp³-hybridized carbons (Fsp3) is 0.500. The molecule has 0 radical (unpaired) electrons. The Morgan fingerprint density at radius 2 is 1.53 bits per heavy atom. The van der Waals surface area contributed by atoms with Crippen molar-refractivity contribution in [2.75, 3.05) is 13.2 Å². The van der Waals surface area contributed by atoms with Crippen LogP contribution >= 0.6 is 34.8 Å². The second-order valence-electron chi connectivity index (χ2n) is 3.75. The molecule has 0 bridgehead atoms. The van der Waals surface area contributed by atoms with Crippen molar-refractivity contribution >= 4 is 34.8 Å². The molecule has 5 heteroatoms. The second kappa shape index (κ2) is 8.04. The maximum absolute atomic E-state index is 5.99. The molecule has 0 amide bonds. The SMILES string of the molecule is NCCCCCCOc1c(Cl)cc(Cl)cc1Cl. The second-order valence-corrected chi connectivity index (χ2v) is 5.00. The van der Waals surface area contributed by atoms with Crippen LogP contribution in [0.3, 0.4) is 0 Å². The first kappa shape index (κ1) is 14.9. The van der Waals surface area contributed by atoms with Gasteiger partial charge in [0.25, 0.3) is 0 Å². The van der Waals surface area contributed by atoms with Crippen molar-refractivity contribution < 1.29 is 4.74 Å². The van der Waals surface area contributed by atoms with Gasteiger partial charge in [0.2, 0.25) is 0 Å². The van der Waals surface area contributed by atoms with Crippen LogP contribution in [0.4, 0.5) is 0 Å². The zero-order chi connectivity index (χ0) is 12.7.